The van der Waals surface area contributed by atoms with E-state index in [1.54, 1.807) is 0 Å². The van der Waals surface area contributed by atoms with Crippen LogP contribution < -0.4 is 4.90 Å². The van der Waals surface area contributed by atoms with Gasteiger partial charge in [0.15, 0.2) is 0 Å². The third-order valence-electron chi connectivity index (χ3n) is 12.4. The monoisotopic (exact) mass is 713 g/mol. The quantitative estimate of drug-likeness (QED) is 0.181. The lowest BCUT2D eigenvalue weighted by atomic mass is 9.70. The maximum absolute atomic E-state index is 6.66. The number of nitrogens with zero attached hydrogens (tertiary/aromatic N) is 1. The van der Waals surface area contributed by atoms with E-state index < -0.39 is 5.41 Å². The minimum atomic E-state index is -0.394. The molecule has 12 rings (SSSR count). The molecule has 0 saturated carbocycles. The predicted molar refractivity (Wildman–Crippen MR) is 232 cm³/mol. The molecule has 56 heavy (non-hydrogen) atoms. The Hall–Kier alpha value is -7.16. The number of hydrogen-bond acceptors (Lipinski definition) is 2. The summed E-state index contributed by atoms with van der Waals surface area (Å²) in [6.45, 7) is 2.18. The standard InChI is InChI=1S/C54H35NO/c1-34-15-13-28-51-52(34)45-33-50(42-23-5-6-24-43(42)53(45)56-51)55(37-19-14-18-36(31-37)35-16-3-2-4-17-35)38-29-30-49-44(32-38)41-22-9-12-27-48(41)54(49)46-25-10-7-20-39(46)40-21-8-11-26-47(40)54/h2-33H,1H3. The Morgan fingerprint density at radius 1 is 0.411 bits per heavy atom. The summed E-state index contributed by atoms with van der Waals surface area (Å²) in [5.74, 6) is 0. The molecule has 9 aromatic carbocycles. The average molecular weight is 714 g/mol. The van der Waals surface area contributed by atoms with E-state index in [9.17, 15) is 0 Å². The molecule has 0 bridgehead atoms. The van der Waals surface area contributed by atoms with Crippen LogP contribution in [0.3, 0.4) is 0 Å². The average Bonchev–Trinajstić information content (AvgIpc) is 3.89. The third-order valence-corrected chi connectivity index (χ3v) is 12.4. The Morgan fingerprint density at radius 3 is 1.71 bits per heavy atom. The summed E-state index contributed by atoms with van der Waals surface area (Å²) in [7, 11) is 0. The number of anilines is 3. The molecule has 262 valence electrons. The first-order chi connectivity index (χ1) is 27.7. The highest BCUT2D eigenvalue weighted by Gasteiger charge is 2.51. The molecule has 1 heterocycles. The van der Waals surface area contributed by atoms with Crippen LogP contribution in [0.4, 0.5) is 17.1 Å². The molecule has 0 saturated heterocycles. The highest BCUT2D eigenvalue weighted by atomic mass is 16.3. The van der Waals surface area contributed by atoms with Gasteiger partial charge in [-0.1, -0.05) is 158 Å². The number of aryl methyl sites for hydroxylation is 1. The van der Waals surface area contributed by atoms with E-state index in [4.69, 9.17) is 4.42 Å². The number of fused-ring (bicyclic) bond motifs is 15. The Bertz CT molecular complexity index is 3180. The van der Waals surface area contributed by atoms with Crippen molar-refractivity contribution >= 4 is 49.8 Å². The molecule has 0 atom stereocenters. The van der Waals surface area contributed by atoms with Crippen LogP contribution in [0.2, 0.25) is 0 Å². The Balaban J connectivity index is 1.16. The largest absolute Gasteiger partial charge is 0.455 e. The zero-order valence-electron chi connectivity index (χ0n) is 30.8. The van der Waals surface area contributed by atoms with Gasteiger partial charge >= 0.3 is 0 Å². The zero-order chi connectivity index (χ0) is 37.0. The van der Waals surface area contributed by atoms with Crippen molar-refractivity contribution in [3.8, 4) is 33.4 Å². The first-order valence-corrected chi connectivity index (χ1v) is 19.4. The van der Waals surface area contributed by atoms with Crippen LogP contribution in [0.25, 0.3) is 66.1 Å². The molecule has 0 unspecified atom stereocenters. The normalized spacial score (nSPS) is 13.2. The Labute approximate surface area is 325 Å². The molecule has 0 radical (unpaired) electrons. The number of benzene rings is 9. The van der Waals surface area contributed by atoms with Gasteiger partial charge in [0.05, 0.1) is 11.1 Å². The molecule has 10 aromatic rings. The molecular formula is C54H35NO. The topological polar surface area (TPSA) is 16.4 Å². The molecular weight excluding hydrogens is 679 g/mol. The second-order valence-electron chi connectivity index (χ2n) is 15.2. The van der Waals surface area contributed by atoms with Crippen LogP contribution in [-0.2, 0) is 5.41 Å². The van der Waals surface area contributed by atoms with Crippen LogP contribution in [0, 0.1) is 6.92 Å². The van der Waals surface area contributed by atoms with Crippen molar-refractivity contribution in [1.29, 1.82) is 0 Å². The van der Waals surface area contributed by atoms with Crippen LogP contribution in [0.15, 0.2) is 199 Å². The lowest BCUT2D eigenvalue weighted by molar-refractivity contribution is 0.672. The van der Waals surface area contributed by atoms with E-state index in [-0.39, 0.29) is 0 Å². The van der Waals surface area contributed by atoms with E-state index >= 15 is 0 Å². The third kappa shape index (κ3) is 4.16. The van der Waals surface area contributed by atoms with Crippen molar-refractivity contribution in [2.75, 3.05) is 4.90 Å². The minimum Gasteiger partial charge on any atom is -0.455 e. The van der Waals surface area contributed by atoms with Gasteiger partial charge in [0.25, 0.3) is 0 Å². The van der Waals surface area contributed by atoms with Crippen LogP contribution in [-0.4, -0.2) is 0 Å². The second kappa shape index (κ2) is 11.7. The lowest BCUT2D eigenvalue weighted by Crippen LogP contribution is -2.25. The molecule has 0 aliphatic heterocycles. The van der Waals surface area contributed by atoms with Crippen LogP contribution >= 0.6 is 0 Å². The molecule has 2 aliphatic carbocycles. The molecule has 0 amide bonds. The summed E-state index contributed by atoms with van der Waals surface area (Å²) < 4.78 is 6.66. The molecule has 2 aliphatic rings. The van der Waals surface area contributed by atoms with E-state index in [1.165, 1.54) is 61.2 Å². The highest BCUT2D eigenvalue weighted by Crippen LogP contribution is 2.63. The minimum absolute atomic E-state index is 0.394. The van der Waals surface area contributed by atoms with Gasteiger partial charge in [-0.3, -0.25) is 0 Å². The van der Waals surface area contributed by atoms with E-state index in [2.05, 4.69) is 206 Å². The van der Waals surface area contributed by atoms with Gasteiger partial charge in [0.1, 0.15) is 11.2 Å². The number of rotatable bonds is 4. The van der Waals surface area contributed by atoms with Crippen LogP contribution in [0.1, 0.15) is 27.8 Å². The van der Waals surface area contributed by atoms with Crippen molar-refractivity contribution in [3.63, 3.8) is 0 Å². The summed E-state index contributed by atoms with van der Waals surface area (Å²) >= 11 is 0. The van der Waals surface area contributed by atoms with Crippen LogP contribution in [0.5, 0.6) is 0 Å². The lowest BCUT2D eigenvalue weighted by Gasteiger charge is -2.31. The fourth-order valence-corrected chi connectivity index (χ4v) is 10.1. The zero-order valence-corrected chi connectivity index (χ0v) is 30.8. The van der Waals surface area contributed by atoms with E-state index in [1.807, 2.05) is 0 Å². The van der Waals surface area contributed by atoms with Crippen molar-refractivity contribution in [2.24, 2.45) is 0 Å². The SMILES string of the molecule is Cc1cccc2oc3c4ccccc4c(N(c4cccc(-c5ccccc5)c4)c4ccc5c(c4)-c4ccccc4C54c5ccccc5-c5ccccc54)cc3c12. The second-order valence-corrected chi connectivity index (χ2v) is 15.2. The maximum atomic E-state index is 6.66. The maximum Gasteiger partial charge on any atom is 0.143 e. The van der Waals surface area contributed by atoms with Gasteiger partial charge in [-0.15, -0.1) is 0 Å². The van der Waals surface area contributed by atoms with Gasteiger partial charge in [0, 0.05) is 32.9 Å². The smallest absolute Gasteiger partial charge is 0.143 e. The Kier molecular flexibility index (Phi) is 6.50. The molecule has 2 nitrogen and oxygen atoms in total. The van der Waals surface area contributed by atoms with Crippen molar-refractivity contribution < 1.29 is 4.42 Å². The van der Waals surface area contributed by atoms with Gasteiger partial charge in [-0.2, -0.15) is 0 Å². The Morgan fingerprint density at radius 2 is 0.982 bits per heavy atom. The molecule has 0 N–H and O–H groups in total. The summed E-state index contributed by atoms with van der Waals surface area (Å²) in [5, 5.41) is 4.53. The van der Waals surface area contributed by atoms with Gasteiger partial charge in [-0.25, -0.2) is 0 Å². The van der Waals surface area contributed by atoms with E-state index in [0.717, 1.165) is 49.8 Å². The van der Waals surface area contributed by atoms with Gasteiger partial charge in [-0.05, 0) is 105 Å². The molecule has 1 spiro atoms. The fourth-order valence-electron chi connectivity index (χ4n) is 10.1. The van der Waals surface area contributed by atoms with Crippen molar-refractivity contribution in [2.45, 2.75) is 12.3 Å². The highest BCUT2D eigenvalue weighted by molar-refractivity contribution is 6.20. The first-order valence-electron chi connectivity index (χ1n) is 19.4. The first kappa shape index (κ1) is 31.2. The van der Waals surface area contributed by atoms with Gasteiger partial charge in [0.2, 0.25) is 0 Å². The molecule has 2 heteroatoms. The molecule has 0 fully saturated rings. The van der Waals surface area contributed by atoms with Crippen molar-refractivity contribution in [3.05, 3.63) is 222 Å². The number of hydrogen-bond donors (Lipinski definition) is 0. The summed E-state index contributed by atoms with van der Waals surface area (Å²) in [5.41, 5.74) is 18.9. The summed E-state index contributed by atoms with van der Waals surface area (Å²) in [6.07, 6.45) is 0. The number of furan rings is 1. The van der Waals surface area contributed by atoms with E-state index in [0.29, 0.717) is 0 Å². The fraction of sp³-hybridized carbons (Fsp3) is 0.0370. The predicted octanol–water partition coefficient (Wildman–Crippen LogP) is 14.5. The summed E-state index contributed by atoms with van der Waals surface area (Å²) in [4.78, 5) is 2.47. The van der Waals surface area contributed by atoms with Gasteiger partial charge < -0.3 is 9.32 Å². The molecule has 1 aromatic heterocycles. The van der Waals surface area contributed by atoms with Crippen molar-refractivity contribution in [1.82, 2.24) is 0 Å². The summed E-state index contributed by atoms with van der Waals surface area (Å²) in [6, 6.07) is 71.4.